The molecule has 1 aromatic rings. The van der Waals surface area contributed by atoms with Crippen LogP contribution in [0, 0.1) is 0 Å². The van der Waals surface area contributed by atoms with Gasteiger partial charge in [-0.25, -0.2) is 0 Å². The van der Waals surface area contributed by atoms with Crippen LogP contribution in [0.25, 0.3) is 0 Å². The van der Waals surface area contributed by atoms with Gasteiger partial charge in [0.25, 0.3) is 0 Å². The number of aromatic amines is 1. The maximum absolute atomic E-state index is 11.4. The molecule has 5 nitrogen and oxygen atoms in total. The number of aromatic nitrogens is 2. The van der Waals surface area contributed by atoms with E-state index in [1.54, 1.807) is 12.4 Å². The number of ketones is 1. The van der Waals surface area contributed by atoms with Crippen LogP contribution in [0.2, 0.25) is 5.21 Å². The van der Waals surface area contributed by atoms with Crippen LogP contribution in [-0.4, -0.2) is 41.4 Å². The first-order chi connectivity index (χ1) is 7.20. The molecule has 0 fully saturated rings. The Balaban J connectivity index is 2.10. The summed E-state index contributed by atoms with van der Waals surface area (Å²) < 4.78 is -0.660. The fraction of sp³-hybridized carbons (Fsp3) is 0.444. The van der Waals surface area contributed by atoms with Gasteiger partial charge in [-0.3, -0.25) is 0 Å². The molecule has 0 aliphatic heterocycles. The molecule has 1 rings (SSSR count). The molecule has 2 N–H and O–H groups in total. The summed E-state index contributed by atoms with van der Waals surface area (Å²) in [5.41, 5.74) is 0. The van der Waals surface area contributed by atoms with Gasteiger partial charge in [0.05, 0.1) is 0 Å². The second-order valence-electron chi connectivity index (χ2n) is 3.05. The van der Waals surface area contributed by atoms with E-state index in [1.165, 1.54) is 0 Å². The standard InChI is InChI=1S/C9H13AsN2O3/c13-7(8-11-5-6-12-8)3-1-2-4-10-9(14)15/h5-6,10H,1-4H2,(H,11,12)(H,14,15). The maximum atomic E-state index is 11.4. The number of rotatable bonds is 7. The molecule has 1 atom stereocenters. The molecule has 0 saturated heterocycles. The van der Waals surface area contributed by atoms with E-state index < -0.39 is 20.5 Å². The topological polar surface area (TPSA) is 83.0 Å². The summed E-state index contributed by atoms with van der Waals surface area (Å²) in [6.07, 6.45) is 5.17. The molecule has 15 heavy (non-hydrogen) atoms. The number of hydrogen-bond donors (Lipinski definition) is 2. The van der Waals surface area contributed by atoms with Gasteiger partial charge in [-0.15, -0.1) is 0 Å². The Morgan fingerprint density at radius 1 is 1.47 bits per heavy atom. The van der Waals surface area contributed by atoms with Crippen molar-refractivity contribution in [3.8, 4) is 0 Å². The predicted molar refractivity (Wildman–Crippen MR) is 56.8 cm³/mol. The number of unbranched alkanes of at least 4 members (excludes halogenated alkanes) is 1. The summed E-state index contributed by atoms with van der Waals surface area (Å²) in [7, 11) is 0. The molecule has 0 amide bonds. The summed E-state index contributed by atoms with van der Waals surface area (Å²) in [4.78, 5) is 28.3. The number of Topliss-reactive ketones (excluding diaryl/α,β-unsaturated/α-hetero) is 1. The Labute approximate surface area is 94.0 Å². The quantitative estimate of drug-likeness (QED) is 0.445. The first-order valence-electron chi connectivity index (χ1n) is 4.69. The molecular weight excluding hydrogens is 259 g/mol. The molecule has 0 aromatic carbocycles. The molecule has 0 bridgehead atoms. The fourth-order valence-corrected chi connectivity index (χ4v) is 2.49. The summed E-state index contributed by atoms with van der Waals surface area (Å²) in [5, 5.41) is 9.20. The van der Waals surface area contributed by atoms with Crippen molar-refractivity contribution in [3.63, 3.8) is 0 Å². The molecule has 0 saturated carbocycles. The van der Waals surface area contributed by atoms with Gasteiger partial charge in [0, 0.05) is 0 Å². The van der Waals surface area contributed by atoms with E-state index in [0.717, 1.165) is 18.1 Å². The van der Waals surface area contributed by atoms with Crippen LogP contribution >= 0.6 is 0 Å². The van der Waals surface area contributed by atoms with Gasteiger partial charge < -0.3 is 0 Å². The summed E-state index contributed by atoms with van der Waals surface area (Å²) in [6.45, 7) is 0. The van der Waals surface area contributed by atoms with Crippen molar-refractivity contribution < 1.29 is 14.7 Å². The predicted octanol–water partition coefficient (Wildman–Crippen LogP) is 1.30. The summed E-state index contributed by atoms with van der Waals surface area (Å²) in [5.74, 6) is 0.388. The number of carbonyl (C=O) groups excluding carboxylic acids is 1. The average molecular weight is 272 g/mol. The van der Waals surface area contributed by atoms with Gasteiger partial charge in [0.15, 0.2) is 0 Å². The van der Waals surface area contributed by atoms with E-state index >= 15 is 0 Å². The average Bonchev–Trinajstić information content (AvgIpc) is 2.69. The van der Waals surface area contributed by atoms with E-state index in [-0.39, 0.29) is 5.78 Å². The fourth-order valence-electron chi connectivity index (χ4n) is 1.14. The molecule has 82 valence electrons. The molecule has 0 aliphatic rings. The second-order valence-corrected chi connectivity index (χ2v) is 5.74. The van der Waals surface area contributed by atoms with Gasteiger partial charge in [0.1, 0.15) is 0 Å². The zero-order valence-electron chi connectivity index (χ0n) is 8.19. The van der Waals surface area contributed by atoms with Gasteiger partial charge in [-0.05, 0) is 0 Å². The molecule has 1 unspecified atom stereocenters. The van der Waals surface area contributed by atoms with Crippen LogP contribution in [0.5, 0.6) is 0 Å². The molecule has 0 spiro atoms. The van der Waals surface area contributed by atoms with Crippen molar-refractivity contribution in [2.75, 3.05) is 0 Å². The second kappa shape index (κ2) is 6.40. The van der Waals surface area contributed by atoms with Gasteiger partial charge >= 0.3 is 93.6 Å². The monoisotopic (exact) mass is 272 g/mol. The Hall–Kier alpha value is -1.09. The van der Waals surface area contributed by atoms with Crippen molar-refractivity contribution in [2.45, 2.75) is 24.5 Å². The molecular formula is C9H13AsN2O3. The summed E-state index contributed by atoms with van der Waals surface area (Å²) in [6, 6.07) is 0. The van der Waals surface area contributed by atoms with Gasteiger partial charge in [-0.1, -0.05) is 0 Å². The first-order valence-corrected chi connectivity index (χ1v) is 7.23. The van der Waals surface area contributed by atoms with E-state index in [9.17, 15) is 9.59 Å². The Bertz CT molecular complexity index is 324. The Morgan fingerprint density at radius 3 is 2.87 bits per heavy atom. The third-order valence-corrected chi connectivity index (χ3v) is 3.77. The van der Waals surface area contributed by atoms with Crippen molar-refractivity contribution in [2.24, 2.45) is 0 Å². The molecule has 0 radical (unpaired) electrons. The number of carbonyl (C=O) groups is 2. The SMILES string of the molecule is O=C(O)[AsH]CCCCC(=O)c1ncc[nH]1. The Morgan fingerprint density at radius 2 is 2.27 bits per heavy atom. The van der Waals surface area contributed by atoms with Crippen LogP contribution in [0.3, 0.4) is 0 Å². The number of hydrogen-bond acceptors (Lipinski definition) is 3. The van der Waals surface area contributed by atoms with Crippen molar-refractivity contribution in [1.82, 2.24) is 9.97 Å². The third kappa shape index (κ3) is 4.79. The molecule has 6 heteroatoms. The van der Waals surface area contributed by atoms with Gasteiger partial charge in [0.2, 0.25) is 0 Å². The first kappa shape index (κ1) is 12.0. The molecule has 0 aliphatic carbocycles. The molecule has 1 aromatic heterocycles. The van der Waals surface area contributed by atoms with E-state index in [2.05, 4.69) is 9.97 Å². The zero-order valence-corrected chi connectivity index (χ0v) is 10.3. The minimum absolute atomic E-state index is 0.00433. The van der Waals surface area contributed by atoms with E-state index in [4.69, 9.17) is 5.11 Å². The van der Waals surface area contributed by atoms with Crippen LogP contribution in [0.1, 0.15) is 29.9 Å². The normalized spacial score (nSPS) is 10.9. The minimum atomic E-state index is -0.855. The van der Waals surface area contributed by atoms with Gasteiger partial charge in [-0.2, -0.15) is 0 Å². The number of carboxylic acid groups (broad SMARTS) is 1. The zero-order chi connectivity index (χ0) is 11.1. The Kier molecular flexibility index (Phi) is 5.11. The van der Waals surface area contributed by atoms with E-state index in [0.29, 0.717) is 12.2 Å². The number of imidazole rings is 1. The van der Waals surface area contributed by atoms with Crippen LogP contribution in [0.4, 0.5) is 4.79 Å². The van der Waals surface area contributed by atoms with Crippen molar-refractivity contribution in [3.05, 3.63) is 18.2 Å². The van der Waals surface area contributed by atoms with Crippen molar-refractivity contribution in [1.29, 1.82) is 0 Å². The van der Waals surface area contributed by atoms with Crippen LogP contribution < -0.4 is 0 Å². The molecule has 1 heterocycles. The van der Waals surface area contributed by atoms with Crippen molar-refractivity contribution >= 4 is 26.3 Å². The summed E-state index contributed by atoms with van der Waals surface area (Å²) >= 11 is -0.855. The number of nitrogens with one attached hydrogen (secondary N) is 1. The van der Waals surface area contributed by atoms with Crippen LogP contribution in [-0.2, 0) is 0 Å². The third-order valence-electron chi connectivity index (χ3n) is 1.87. The van der Waals surface area contributed by atoms with E-state index in [1.807, 2.05) is 0 Å². The number of H-pyrrole nitrogens is 1. The number of nitrogens with zero attached hydrogens (tertiary/aromatic N) is 1. The van der Waals surface area contributed by atoms with Crippen LogP contribution in [0.15, 0.2) is 12.4 Å².